The number of nitrogens with zero attached hydrogens (tertiary/aromatic N) is 1. The van der Waals surface area contributed by atoms with Crippen molar-refractivity contribution in [1.82, 2.24) is 10.2 Å². The minimum atomic E-state index is -0.209. The van der Waals surface area contributed by atoms with Gasteiger partial charge in [-0.2, -0.15) is 11.8 Å². The number of nitrogens with two attached hydrogens (primary N) is 1. The van der Waals surface area contributed by atoms with Gasteiger partial charge in [-0.25, -0.2) is 0 Å². The number of nitrogens with one attached hydrogen (secondary N) is 1. The number of carbonyl (C=O) groups excluding carboxylic acids is 1. The number of likely N-dealkylation sites (tertiary alicyclic amines) is 1. The Labute approximate surface area is 108 Å². The van der Waals surface area contributed by atoms with Crippen LogP contribution in [0.3, 0.4) is 0 Å². The van der Waals surface area contributed by atoms with Crippen LogP contribution in [0.2, 0.25) is 0 Å². The van der Waals surface area contributed by atoms with E-state index in [-0.39, 0.29) is 5.91 Å². The van der Waals surface area contributed by atoms with Crippen molar-refractivity contribution in [2.24, 2.45) is 11.7 Å². The molecule has 2 fully saturated rings. The van der Waals surface area contributed by atoms with Gasteiger partial charge in [0.15, 0.2) is 0 Å². The predicted molar refractivity (Wildman–Crippen MR) is 72.1 cm³/mol. The Bertz CT molecular complexity index is 248. The first-order valence-corrected chi connectivity index (χ1v) is 7.71. The zero-order valence-corrected chi connectivity index (χ0v) is 11.2. The number of piperidine rings is 1. The Morgan fingerprint density at radius 1 is 1.35 bits per heavy atom. The average Bonchev–Trinajstić information content (AvgIpc) is 2.80. The molecular weight excluding hydrogens is 234 g/mol. The Balaban J connectivity index is 1.60. The van der Waals surface area contributed by atoms with Gasteiger partial charge in [0, 0.05) is 19.1 Å². The van der Waals surface area contributed by atoms with Gasteiger partial charge >= 0.3 is 0 Å². The maximum absolute atomic E-state index is 10.8. The molecule has 5 heteroatoms. The molecule has 0 aromatic carbocycles. The number of hydrogen-bond donors (Lipinski definition) is 2. The fourth-order valence-corrected chi connectivity index (χ4v) is 3.88. The van der Waals surface area contributed by atoms with Crippen molar-refractivity contribution in [3.05, 3.63) is 0 Å². The van der Waals surface area contributed by atoms with Gasteiger partial charge in [-0.15, -0.1) is 0 Å². The normalized spacial score (nSPS) is 27.4. The molecule has 2 rings (SSSR count). The van der Waals surface area contributed by atoms with Gasteiger partial charge < -0.3 is 11.1 Å². The zero-order chi connectivity index (χ0) is 12.1. The van der Waals surface area contributed by atoms with E-state index in [1.54, 1.807) is 0 Å². The summed E-state index contributed by atoms with van der Waals surface area (Å²) in [6.07, 6.45) is 3.67. The van der Waals surface area contributed by atoms with E-state index in [2.05, 4.69) is 22.0 Å². The highest BCUT2D eigenvalue weighted by Gasteiger charge is 2.21. The molecular formula is C12H23N3OS. The molecule has 0 spiro atoms. The SMILES string of the molecule is NC(=O)CN1CCC(NCC2CCSC2)CC1. The van der Waals surface area contributed by atoms with Crippen LogP contribution in [0.25, 0.3) is 0 Å². The molecule has 2 aliphatic rings. The van der Waals surface area contributed by atoms with Crippen molar-refractivity contribution >= 4 is 17.7 Å². The average molecular weight is 257 g/mol. The maximum atomic E-state index is 10.8. The van der Waals surface area contributed by atoms with Crippen LogP contribution in [-0.4, -0.2) is 54.5 Å². The monoisotopic (exact) mass is 257 g/mol. The number of thioether (sulfide) groups is 1. The number of primary amides is 1. The first kappa shape index (κ1) is 13.2. The van der Waals surface area contributed by atoms with Gasteiger partial charge in [0.05, 0.1) is 6.54 Å². The van der Waals surface area contributed by atoms with Crippen LogP contribution >= 0.6 is 11.8 Å². The van der Waals surface area contributed by atoms with Gasteiger partial charge in [0.1, 0.15) is 0 Å². The van der Waals surface area contributed by atoms with E-state index in [4.69, 9.17) is 5.73 Å². The van der Waals surface area contributed by atoms with E-state index in [1.807, 2.05) is 0 Å². The summed E-state index contributed by atoms with van der Waals surface area (Å²) in [5.41, 5.74) is 5.20. The summed E-state index contributed by atoms with van der Waals surface area (Å²) in [6, 6.07) is 0.643. The van der Waals surface area contributed by atoms with Crippen LogP contribution < -0.4 is 11.1 Å². The van der Waals surface area contributed by atoms with Crippen molar-refractivity contribution in [1.29, 1.82) is 0 Å². The third-order valence-electron chi connectivity index (χ3n) is 3.69. The van der Waals surface area contributed by atoms with E-state index in [0.717, 1.165) is 31.8 Å². The lowest BCUT2D eigenvalue weighted by Crippen LogP contribution is -2.46. The molecule has 1 amide bonds. The zero-order valence-electron chi connectivity index (χ0n) is 10.4. The van der Waals surface area contributed by atoms with E-state index >= 15 is 0 Å². The first-order chi connectivity index (χ1) is 8.24. The molecule has 0 saturated carbocycles. The van der Waals surface area contributed by atoms with Gasteiger partial charge in [0.2, 0.25) is 5.91 Å². The first-order valence-electron chi connectivity index (χ1n) is 6.56. The summed E-state index contributed by atoms with van der Waals surface area (Å²) >= 11 is 2.08. The molecule has 0 aromatic heterocycles. The Kier molecular flexibility index (Phi) is 5.13. The van der Waals surface area contributed by atoms with Crippen molar-refractivity contribution in [3.8, 4) is 0 Å². The van der Waals surface area contributed by atoms with Gasteiger partial charge in [-0.1, -0.05) is 0 Å². The fourth-order valence-electron chi connectivity index (χ4n) is 2.59. The highest BCUT2D eigenvalue weighted by molar-refractivity contribution is 7.99. The molecule has 3 N–H and O–H groups in total. The largest absolute Gasteiger partial charge is 0.369 e. The lowest BCUT2D eigenvalue weighted by molar-refractivity contribution is -0.119. The quantitative estimate of drug-likeness (QED) is 0.743. The predicted octanol–water partition coefficient (Wildman–Crippen LogP) is 0.279. The maximum Gasteiger partial charge on any atom is 0.231 e. The Morgan fingerprint density at radius 3 is 2.71 bits per heavy atom. The smallest absolute Gasteiger partial charge is 0.231 e. The molecule has 2 heterocycles. The van der Waals surface area contributed by atoms with Crippen molar-refractivity contribution in [2.75, 3.05) is 37.7 Å². The fraction of sp³-hybridized carbons (Fsp3) is 0.917. The van der Waals surface area contributed by atoms with Crippen molar-refractivity contribution in [2.45, 2.75) is 25.3 Å². The summed E-state index contributed by atoms with van der Waals surface area (Å²) in [4.78, 5) is 13.0. The molecule has 1 unspecified atom stereocenters. The minimum absolute atomic E-state index is 0.209. The second-order valence-electron chi connectivity index (χ2n) is 5.15. The molecule has 0 radical (unpaired) electrons. The van der Waals surface area contributed by atoms with Crippen LogP contribution in [0.5, 0.6) is 0 Å². The second-order valence-corrected chi connectivity index (χ2v) is 6.30. The molecule has 0 aromatic rings. The van der Waals surface area contributed by atoms with E-state index < -0.39 is 0 Å². The molecule has 2 saturated heterocycles. The number of amides is 1. The van der Waals surface area contributed by atoms with Crippen LogP contribution in [-0.2, 0) is 4.79 Å². The summed E-state index contributed by atoms with van der Waals surface area (Å²) in [7, 11) is 0. The Hall–Kier alpha value is -0.260. The molecule has 1 atom stereocenters. The topological polar surface area (TPSA) is 58.4 Å². The standard InChI is InChI=1S/C12H23N3OS/c13-12(16)8-15-4-1-11(2-5-15)14-7-10-3-6-17-9-10/h10-11,14H,1-9H2,(H2,13,16). The number of hydrogen-bond acceptors (Lipinski definition) is 4. The van der Waals surface area contributed by atoms with E-state index in [9.17, 15) is 4.79 Å². The summed E-state index contributed by atoms with van der Waals surface area (Å²) < 4.78 is 0. The lowest BCUT2D eigenvalue weighted by atomic mass is 10.0. The summed E-state index contributed by atoms with van der Waals surface area (Å²) in [5, 5.41) is 3.68. The molecule has 17 heavy (non-hydrogen) atoms. The molecule has 0 aliphatic carbocycles. The Morgan fingerprint density at radius 2 is 2.12 bits per heavy atom. The number of rotatable bonds is 5. The van der Waals surface area contributed by atoms with Crippen LogP contribution in [0.4, 0.5) is 0 Å². The molecule has 98 valence electrons. The highest BCUT2D eigenvalue weighted by Crippen LogP contribution is 2.23. The lowest BCUT2D eigenvalue weighted by Gasteiger charge is -2.32. The van der Waals surface area contributed by atoms with E-state index in [1.165, 1.54) is 24.5 Å². The van der Waals surface area contributed by atoms with Crippen molar-refractivity contribution < 1.29 is 4.79 Å². The van der Waals surface area contributed by atoms with Crippen LogP contribution in [0.1, 0.15) is 19.3 Å². The van der Waals surface area contributed by atoms with E-state index in [0.29, 0.717) is 12.6 Å². The third kappa shape index (κ3) is 4.48. The molecule has 4 nitrogen and oxygen atoms in total. The second kappa shape index (κ2) is 6.61. The summed E-state index contributed by atoms with van der Waals surface area (Å²) in [5.74, 6) is 3.33. The summed E-state index contributed by atoms with van der Waals surface area (Å²) in [6.45, 7) is 3.60. The van der Waals surface area contributed by atoms with Crippen LogP contribution in [0.15, 0.2) is 0 Å². The van der Waals surface area contributed by atoms with Gasteiger partial charge in [-0.05, 0) is 43.2 Å². The van der Waals surface area contributed by atoms with Crippen LogP contribution in [0, 0.1) is 5.92 Å². The third-order valence-corrected chi connectivity index (χ3v) is 4.92. The van der Waals surface area contributed by atoms with Gasteiger partial charge in [0.25, 0.3) is 0 Å². The van der Waals surface area contributed by atoms with Crippen molar-refractivity contribution in [3.63, 3.8) is 0 Å². The highest BCUT2D eigenvalue weighted by atomic mass is 32.2. The molecule has 2 aliphatic heterocycles. The number of carbonyl (C=O) groups is 1. The molecule has 0 bridgehead atoms. The minimum Gasteiger partial charge on any atom is -0.369 e. The van der Waals surface area contributed by atoms with Gasteiger partial charge in [-0.3, -0.25) is 9.69 Å².